The number of urea groups is 1. The lowest BCUT2D eigenvalue weighted by molar-refractivity contribution is -0.137. The first-order chi connectivity index (χ1) is 14.8. The molecule has 2 aromatic carbocycles. The van der Waals surface area contributed by atoms with Crippen LogP contribution < -0.4 is 10.6 Å². The van der Waals surface area contributed by atoms with Gasteiger partial charge in [0.25, 0.3) is 0 Å². The molecule has 4 rings (SSSR count). The van der Waals surface area contributed by atoms with Gasteiger partial charge in [0.2, 0.25) is 0 Å². The van der Waals surface area contributed by atoms with Gasteiger partial charge >= 0.3 is 12.2 Å². The summed E-state index contributed by atoms with van der Waals surface area (Å²) in [6.07, 6.45) is -3.02. The van der Waals surface area contributed by atoms with E-state index in [-0.39, 0.29) is 12.1 Å². The van der Waals surface area contributed by atoms with Crippen molar-refractivity contribution in [1.29, 1.82) is 0 Å². The van der Waals surface area contributed by atoms with Crippen LogP contribution in [0.5, 0.6) is 0 Å². The van der Waals surface area contributed by atoms with Crippen molar-refractivity contribution in [2.45, 2.75) is 25.1 Å². The highest BCUT2D eigenvalue weighted by atomic mass is 35.5. The largest absolute Gasteiger partial charge is 0.416 e. The van der Waals surface area contributed by atoms with Gasteiger partial charge in [-0.25, -0.2) is 4.79 Å². The van der Waals surface area contributed by atoms with E-state index >= 15 is 0 Å². The molecular formula is C21H19ClF3N5O. The first-order valence-electron chi connectivity index (χ1n) is 9.72. The number of likely N-dealkylation sites (tertiary alicyclic amines) is 1. The maximum absolute atomic E-state index is 12.7. The fourth-order valence-corrected chi connectivity index (χ4v) is 3.75. The van der Waals surface area contributed by atoms with Crippen LogP contribution in [-0.2, 0) is 6.18 Å². The number of piperidine rings is 1. The molecule has 162 valence electrons. The average Bonchev–Trinajstić information content (AvgIpc) is 2.76. The molecule has 1 aromatic heterocycles. The number of fused-ring (bicyclic) bond motifs is 1. The Morgan fingerprint density at radius 3 is 2.29 bits per heavy atom. The Labute approximate surface area is 181 Å². The van der Waals surface area contributed by atoms with Crippen LogP contribution >= 0.6 is 11.6 Å². The van der Waals surface area contributed by atoms with Gasteiger partial charge < -0.3 is 15.5 Å². The van der Waals surface area contributed by atoms with E-state index in [1.165, 1.54) is 12.1 Å². The molecule has 2 N–H and O–H groups in total. The quantitative estimate of drug-likeness (QED) is 0.561. The molecule has 31 heavy (non-hydrogen) atoms. The van der Waals surface area contributed by atoms with Crippen molar-refractivity contribution in [2.24, 2.45) is 0 Å². The van der Waals surface area contributed by atoms with Gasteiger partial charge in [-0.2, -0.15) is 13.2 Å². The highest BCUT2D eigenvalue weighted by Crippen LogP contribution is 2.30. The van der Waals surface area contributed by atoms with Crippen molar-refractivity contribution >= 4 is 39.9 Å². The summed E-state index contributed by atoms with van der Waals surface area (Å²) in [7, 11) is 0. The van der Waals surface area contributed by atoms with E-state index in [4.69, 9.17) is 11.6 Å². The Balaban J connectivity index is 1.34. The number of benzene rings is 2. The van der Waals surface area contributed by atoms with E-state index < -0.39 is 11.7 Å². The fourth-order valence-electron chi connectivity index (χ4n) is 3.54. The number of nitrogens with zero attached hydrogens (tertiary/aromatic N) is 3. The number of alkyl halides is 3. The summed E-state index contributed by atoms with van der Waals surface area (Å²) in [5, 5.41) is 16.2. The number of carbonyl (C=O) groups excluding carboxylic acids is 1. The SMILES string of the molecule is O=C(Nc1ccc(C(F)(F)F)cc1)N1CCC(Nc2nnc(Cl)c3ccccc23)CC1. The molecular weight excluding hydrogens is 431 g/mol. The third-order valence-corrected chi connectivity index (χ3v) is 5.51. The third-order valence-electron chi connectivity index (χ3n) is 5.23. The van der Waals surface area contributed by atoms with Crippen LogP contribution in [-0.4, -0.2) is 40.3 Å². The Morgan fingerprint density at radius 1 is 1.00 bits per heavy atom. The molecule has 2 amide bonds. The zero-order valence-corrected chi connectivity index (χ0v) is 17.0. The third kappa shape index (κ3) is 4.82. The second-order valence-corrected chi connectivity index (χ2v) is 7.65. The molecule has 10 heteroatoms. The van der Waals surface area contributed by atoms with E-state index in [1.54, 1.807) is 4.90 Å². The lowest BCUT2D eigenvalue weighted by atomic mass is 10.0. The number of nitrogens with one attached hydrogen (secondary N) is 2. The molecule has 0 saturated carbocycles. The number of halogens is 4. The Morgan fingerprint density at radius 2 is 1.65 bits per heavy atom. The summed E-state index contributed by atoms with van der Waals surface area (Å²) in [6.45, 7) is 1.01. The Hall–Kier alpha value is -3.07. The number of carbonyl (C=O) groups is 1. The Kier molecular flexibility index (Phi) is 5.86. The summed E-state index contributed by atoms with van der Waals surface area (Å²) in [5.74, 6) is 0.646. The Bertz CT molecular complexity index is 1080. The van der Waals surface area contributed by atoms with E-state index in [1.807, 2.05) is 24.3 Å². The van der Waals surface area contributed by atoms with E-state index in [0.717, 1.165) is 22.9 Å². The topological polar surface area (TPSA) is 70.2 Å². The summed E-state index contributed by atoms with van der Waals surface area (Å²) < 4.78 is 38.0. The lowest BCUT2D eigenvalue weighted by Gasteiger charge is -2.32. The molecule has 3 aromatic rings. The smallest absolute Gasteiger partial charge is 0.365 e. The molecule has 1 saturated heterocycles. The minimum Gasteiger partial charge on any atom is -0.365 e. The van der Waals surface area contributed by atoms with Crippen LogP contribution in [0.1, 0.15) is 18.4 Å². The molecule has 1 aliphatic heterocycles. The van der Waals surface area contributed by atoms with Gasteiger partial charge in [0, 0.05) is 35.6 Å². The summed E-state index contributed by atoms with van der Waals surface area (Å²) in [5.41, 5.74) is -0.434. The standard InChI is InChI=1S/C21H19ClF3N5O/c22-18-16-3-1-2-4-17(16)19(29-28-18)26-15-9-11-30(12-10-15)20(31)27-14-7-5-13(6-8-14)21(23,24)25/h1-8,15H,9-12H2,(H,26,29)(H,27,31). The van der Waals surface area contributed by atoms with E-state index in [0.29, 0.717) is 42.6 Å². The maximum atomic E-state index is 12.7. The summed E-state index contributed by atoms with van der Waals surface area (Å²) in [6, 6.07) is 11.7. The van der Waals surface area contributed by atoms with Crippen molar-refractivity contribution in [3.63, 3.8) is 0 Å². The number of aromatic nitrogens is 2. The van der Waals surface area contributed by atoms with Gasteiger partial charge in [-0.3, -0.25) is 0 Å². The van der Waals surface area contributed by atoms with Gasteiger partial charge in [-0.05, 0) is 37.1 Å². The molecule has 0 spiro atoms. The zero-order valence-electron chi connectivity index (χ0n) is 16.3. The molecule has 2 heterocycles. The van der Waals surface area contributed by atoms with Gasteiger partial charge in [0.05, 0.1) is 5.56 Å². The molecule has 1 aliphatic rings. The fraction of sp³-hybridized carbons (Fsp3) is 0.286. The monoisotopic (exact) mass is 449 g/mol. The van der Waals surface area contributed by atoms with Gasteiger partial charge in [0.15, 0.2) is 11.0 Å². The molecule has 0 unspecified atom stereocenters. The highest BCUT2D eigenvalue weighted by molar-refractivity contribution is 6.34. The van der Waals surface area contributed by atoms with Gasteiger partial charge in [-0.15, -0.1) is 10.2 Å². The number of anilines is 2. The first kappa shape index (κ1) is 21.2. The molecule has 0 bridgehead atoms. The molecule has 1 fully saturated rings. The van der Waals surface area contributed by atoms with E-state index in [9.17, 15) is 18.0 Å². The lowest BCUT2D eigenvalue weighted by Crippen LogP contribution is -2.44. The van der Waals surface area contributed by atoms with Crippen LogP contribution in [0.4, 0.5) is 29.5 Å². The van der Waals surface area contributed by atoms with Crippen molar-refractivity contribution in [3.05, 3.63) is 59.2 Å². The van der Waals surface area contributed by atoms with Crippen LogP contribution in [0.25, 0.3) is 10.8 Å². The average molecular weight is 450 g/mol. The predicted octanol–water partition coefficient (Wildman–Crippen LogP) is 5.41. The number of amides is 2. The van der Waals surface area contributed by atoms with Gasteiger partial charge in [-0.1, -0.05) is 35.9 Å². The number of hydrogen-bond donors (Lipinski definition) is 2. The highest BCUT2D eigenvalue weighted by Gasteiger charge is 2.30. The van der Waals surface area contributed by atoms with Crippen molar-refractivity contribution in [1.82, 2.24) is 15.1 Å². The van der Waals surface area contributed by atoms with Crippen LogP contribution in [0.2, 0.25) is 5.15 Å². The normalized spacial score (nSPS) is 15.2. The van der Waals surface area contributed by atoms with Crippen LogP contribution in [0, 0.1) is 0 Å². The number of hydrogen-bond acceptors (Lipinski definition) is 4. The van der Waals surface area contributed by atoms with Crippen molar-refractivity contribution < 1.29 is 18.0 Å². The second kappa shape index (κ2) is 8.58. The minimum atomic E-state index is -4.41. The molecule has 6 nitrogen and oxygen atoms in total. The van der Waals surface area contributed by atoms with Gasteiger partial charge in [0.1, 0.15) is 0 Å². The molecule has 0 radical (unpaired) electrons. The number of rotatable bonds is 3. The first-order valence-corrected chi connectivity index (χ1v) is 10.1. The second-order valence-electron chi connectivity index (χ2n) is 7.30. The molecule has 0 atom stereocenters. The minimum absolute atomic E-state index is 0.106. The van der Waals surface area contributed by atoms with Crippen molar-refractivity contribution in [3.8, 4) is 0 Å². The maximum Gasteiger partial charge on any atom is 0.416 e. The van der Waals surface area contributed by atoms with Crippen LogP contribution in [0.15, 0.2) is 48.5 Å². The molecule has 0 aliphatic carbocycles. The van der Waals surface area contributed by atoms with Crippen molar-refractivity contribution in [2.75, 3.05) is 23.7 Å². The summed E-state index contributed by atoms with van der Waals surface area (Å²) in [4.78, 5) is 14.1. The van der Waals surface area contributed by atoms with E-state index in [2.05, 4.69) is 20.8 Å². The zero-order chi connectivity index (χ0) is 22.0. The summed E-state index contributed by atoms with van der Waals surface area (Å²) >= 11 is 6.11. The predicted molar refractivity (Wildman–Crippen MR) is 113 cm³/mol. The van der Waals surface area contributed by atoms with Crippen LogP contribution in [0.3, 0.4) is 0 Å².